The largest absolute Gasteiger partial charge is 0.534 e. The number of aryl methyl sites for hydroxylation is 1. The van der Waals surface area contributed by atoms with E-state index in [-0.39, 0.29) is 17.9 Å². The number of sulfonamides is 1. The fraction of sp³-hybridized carbons (Fsp3) is 0.429. The van der Waals surface area contributed by atoms with E-state index in [9.17, 15) is 30.0 Å². The van der Waals surface area contributed by atoms with Crippen molar-refractivity contribution in [3.63, 3.8) is 0 Å². The molecule has 0 spiro atoms. The number of hydrogen-bond acceptors (Lipinski definition) is 6. The van der Waals surface area contributed by atoms with Crippen LogP contribution in [0.2, 0.25) is 0 Å². The minimum absolute atomic E-state index is 0.0533. The van der Waals surface area contributed by atoms with Gasteiger partial charge in [-0.1, -0.05) is 17.7 Å². The molecule has 146 valence electrons. The minimum Gasteiger partial charge on any atom is -0.357 e. The number of benzene rings is 1. The Hall–Kier alpha value is -1.79. The third-order valence-corrected chi connectivity index (χ3v) is 6.15. The van der Waals surface area contributed by atoms with E-state index >= 15 is 0 Å². The highest BCUT2D eigenvalue weighted by Gasteiger charge is 2.51. The maximum absolute atomic E-state index is 12.8. The summed E-state index contributed by atoms with van der Waals surface area (Å²) in [5.74, 6) is -0.971. The lowest BCUT2D eigenvalue weighted by Gasteiger charge is -2.28. The average Bonchev–Trinajstić information content (AvgIpc) is 2.89. The van der Waals surface area contributed by atoms with E-state index in [4.69, 9.17) is 4.74 Å². The van der Waals surface area contributed by atoms with E-state index in [0.717, 1.165) is 11.6 Å². The van der Waals surface area contributed by atoms with Gasteiger partial charge in [0.05, 0.1) is 4.90 Å². The molecule has 0 amide bonds. The van der Waals surface area contributed by atoms with Gasteiger partial charge in [-0.2, -0.15) is 21.6 Å². The van der Waals surface area contributed by atoms with Crippen LogP contribution in [0, 0.1) is 6.92 Å². The van der Waals surface area contributed by atoms with Crippen molar-refractivity contribution in [2.75, 3.05) is 6.61 Å². The Morgan fingerprint density at radius 3 is 2.23 bits per heavy atom. The molecule has 1 aromatic carbocycles. The maximum atomic E-state index is 12.8. The molecule has 0 N–H and O–H groups in total. The van der Waals surface area contributed by atoms with Crippen molar-refractivity contribution in [3.05, 3.63) is 41.8 Å². The summed E-state index contributed by atoms with van der Waals surface area (Å²) in [6, 6.07) is 5.49. The van der Waals surface area contributed by atoms with Crippen LogP contribution in [0.1, 0.15) is 18.9 Å². The van der Waals surface area contributed by atoms with Crippen LogP contribution in [0.15, 0.2) is 41.1 Å². The van der Waals surface area contributed by atoms with Gasteiger partial charge in [-0.25, -0.2) is 12.7 Å². The van der Waals surface area contributed by atoms with E-state index in [1.165, 1.54) is 24.3 Å². The molecule has 1 aliphatic heterocycles. The van der Waals surface area contributed by atoms with Gasteiger partial charge in [0.2, 0.25) is 5.88 Å². The SMILES string of the molecule is CCOC1CC=C(OS(=O)(=O)C(F)(F)F)N1S(=O)(=O)c1ccc(C)cc1. The van der Waals surface area contributed by atoms with Gasteiger partial charge in [0, 0.05) is 13.0 Å². The van der Waals surface area contributed by atoms with Gasteiger partial charge in [-0.3, -0.25) is 0 Å². The van der Waals surface area contributed by atoms with Crippen LogP contribution in [-0.4, -0.2) is 39.5 Å². The molecule has 1 aromatic rings. The summed E-state index contributed by atoms with van der Waals surface area (Å²) in [5.41, 5.74) is -4.94. The van der Waals surface area contributed by atoms with Gasteiger partial charge >= 0.3 is 15.6 Å². The first-order chi connectivity index (χ1) is 11.9. The topological polar surface area (TPSA) is 90.0 Å². The molecular weight excluding hydrogens is 399 g/mol. The second kappa shape index (κ2) is 7.08. The lowest BCUT2D eigenvalue weighted by Crippen LogP contribution is -2.40. The average molecular weight is 415 g/mol. The standard InChI is InChI=1S/C14H16F3NO6S2/c1-3-23-12-8-9-13(24-26(21,22)14(15,16)17)18(12)25(19,20)11-6-4-10(2)5-7-11/h4-7,9,12H,3,8H2,1-2H3. The highest BCUT2D eigenvalue weighted by atomic mass is 32.2. The second-order valence-corrected chi connectivity index (χ2v) is 8.64. The monoisotopic (exact) mass is 415 g/mol. The molecule has 1 unspecified atom stereocenters. The third-order valence-electron chi connectivity index (χ3n) is 3.39. The molecule has 2 rings (SSSR count). The van der Waals surface area contributed by atoms with E-state index in [1.54, 1.807) is 13.8 Å². The number of rotatable bonds is 6. The first-order valence-electron chi connectivity index (χ1n) is 7.34. The highest BCUT2D eigenvalue weighted by Crippen LogP contribution is 2.35. The van der Waals surface area contributed by atoms with Gasteiger partial charge in [-0.05, 0) is 32.1 Å². The van der Waals surface area contributed by atoms with Crippen LogP contribution in [-0.2, 0) is 29.1 Å². The Morgan fingerprint density at radius 1 is 1.15 bits per heavy atom. The normalized spacial score (nSPS) is 18.7. The Balaban J connectivity index is 2.45. The van der Waals surface area contributed by atoms with Crippen LogP contribution in [0.25, 0.3) is 0 Å². The van der Waals surface area contributed by atoms with Crippen molar-refractivity contribution in [1.29, 1.82) is 0 Å². The van der Waals surface area contributed by atoms with Gasteiger partial charge in [0.1, 0.15) is 0 Å². The first-order valence-corrected chi connectivity index (χ1v) is 10.2. The summed E-state index contributed by atoms with van der Waals surface area (Å²) >= 11 is 0. The molecule has 1 atom stereocenters. The quantitative estimate of drug-likeness (QED) is 0.524. The Morgan fingerprint density at radius 2 is 1.73 bits per heavy atom. The second-order valence-electron chi connectivity index (χ2n) is 5.29. The van der Waals surface area contributed by atoms with Crippen molar-refractivity contribution in [1.82, 2.24) is 4.31 Å². The van der Waals surface area contributed by atoms with Crippen molar-refractivity contribution >= 4 is 20.1 Å². The molecule has 0 radical (unpaired) electrons. The van der Waals surface area contributed by atoms with E-state index in [1.807, 2.05) is 0 Å². The molecule has 1 aliphatic rings. The first kappa shape index (κ1) is 20.5. The molecule has 0 aromatic heterocycles. The van der Waals surface area contributed by atoms with Crippen LogP contribution in [0.5, 0.6) is 0 Å². The Labute approximate surface area is 149 Å². The summed E-state index contributed by atoms with van der Waals surface area (Å²) < 4.78 is 95.6. The molecule has 1 heterocycles. The minimum atomic E-state index is -6.03. The maximum Gasteiger partial charge on any atom is 0.534 e. The third kappa shape index (κ3) is 3.96. The van der Waals surface area contributed by atoms with Gasteiger partial charge in [0.25, 0.3) is 10.0 Å². The molecule has 0 saturated heterocycles. The van der Waals surface area contributed by atoms with Gasteiger partial charge in [0.15, 0.2) is 6.23 Å². The molecule has 7 nitrogen and oxygen atoms in total. The fourth-order valence-corrected chi connectivity index (χ4v) is 4.21. The molecule has 0 fully saturated rings. The van der Waals surface area contributed by atoms with Crippen molar-refractivity contribution in [3.8, 4) is 0 Å². The summed E-state index contributed by atoms with van der Waals surface area (Å²) in [4.78, 5) is -0.242. The smallest absolute Gasteiger partial charge is 0.357 e. The molecule has 12 heteroatoms. The molecule has 0 saturated carbocycles. The summed E-state index contributed by atoms with van der Waals surface area (Å²) in [6.07, 6.45) is -0.457. The van der Waals surface area contributed by atoms with E-state index < -0.39 is 37.8 Å². The molecule has 0 bridgehead atoms. The lowest BCUT2D eigenvalue weighted by atomic mass is 10.2. The highest BCUT2D eigenvalue weighted by molar-refractivity contribution is 7.89. The molecule has 0 aliphatic carbocycles. The number of ether oxygens (including phenoxy) is 1. The van der Waals surface area contributed by atoms with Gasteiger partial charge in [-0.15, -0.1) is 0 Å². The molecular formula is C14H16F3NO6S2. The van der Waals surface area contributed by atoms with E-state index in [0.29, 0.717) is 4.31 Å². The number of hydrogen-bond donors (Lipinski definition) is 0. The van der Waals surface area contributed by atoms with Crippen LogP contribution >= 0.6 is 0 Å². The predicted molar refractivity (Wildman–Crippen MR) is 84.4 cm³/mol. The van der Waals surface area contributed by atoms with Crippen molar-refractivity contribution < 1.29 is 38.9 Å². The van der Waals surface area contributed by atoms with E-state index in [2.05, 4.69) is 4.18 Å². The van der Waals surface area contributed by atoms with Crippen molar-refractivity contribution in [2.24, 2.45) is 0 Å². The summed E-state index contributed by atoms with van der Waals surface area (Å²) in [6.45, 7) is 3.33. The summed E-state index contributed by atoms with van der Waals surface area (Å²) in [5, 5.41) is 0. The van der Waals surface area contributed by atoms with Crippen molar-refractivity contribution in [2.45, 2.75) is 36.9 Å². The summed E-state index contributed by atoms with van der Waals surface area (Å²) in [7, 11) is -10.4. The number of halogens is 3. The zero-order valence-corrected chi connectivity index (χ0v) is 15.4. The van der Waals surface area contributed by atoms with Crippen LogP contribution in [0.4, 0.5) is 13.2 Å². The fourth-order valence-electron chi connectivity index (χ4n) is 2.18. The van der Waals surface area contributed by atoms with Crippen LogP contribution < -0.4 is 0 Å². The number of nitrogens with zero attached hydrogens (tertiary/aromatic N) is 1. The Kier molecular flexibility index (Phi) is 5.59. The predicted octanol–water partition coefficient (Wildman–Crippen LogP) is 2.46. The zero-order valence-electron chi connectivity index (χ0n) is 13.7. The lowest BCUT2D eigenvalue weighted by molar-refractivity contribution is -0.0550. The molecule has 26 heavy (non-hydrogen) atoms. The van der Waals surface area contributed by atoms with Crippen LogP contribution in [0.3, 0.4) is 0 Å². The number of alkyl halides is 3. The zero-order chi connectivity index (χ0) is 19.8. The Bertz CT molecular complexity index is 892. The van der Waals surface area contributed by atoms with Gasteiger partial charge < -0.3 is 8.92 Å².